The van der Waals surface area contributed by atoms with Crippen LogP contribution in [-0.4, -0.2) is 46.0 Å². The molecule has 0 bridgehead atoms. The van der Waals surface area contributed by atoms with Crippen molar-refractivity contribution in [2.24, 2.45) is 4.99 Å². The molecule has 6 nitrogen and oxygen atoms in total. The fourth-order valence-corrected chi connectivity index (χ4v) is 2.59. The predicted molar refractivity (Wildman–Crippen MR) is 113 cm³/mol. The summed E-state index contributed by atoms with van der Waals surface area (Å²) in [6, 6.07) is 16.0. The van der Waals surface area contributed by atoms with E-state index >= 15 is 0 Å². The predicted octanol–water partition coefficient (Wildman–Crippen LogP) is 3.15. The molecule has 28 heavy (non-hydrogen) atoms. The monoisotopic (exact) mass is 385 g/mol. The number of ether oxygens (including phenoxy) is 3. The smallest absolute Gasteiger partial charge is 0.191 e. The number of aliphatic imine (C=N–C) groups is 1. The van der Waals surface area contributed by atoms with E-state index in [4.69, 9.17) is 14.2 Å². The number of hydrogen-bond acceptors (Lipinski definition) is 4. The maximum atomic E-state index is 5.88. The number of benzene rings is 2. The number of methoxy groups -OCH3 is 1. The van der Waals surface area contributed by atoms with Crippen LogP contribution in [0.2, 0.25) is 0 Å². The summed E-state index contributed by atoms with van der Waals surface area (Å²) in [5.74, 6) is 2.44. The van der Waals surface area contributed by atoms with Crippen molar-refractivity contribution in [3.05, 3.63) is 59.7 Å². The summed E-state index contributed by atoms with van der Waals surface area (Å²) in [5.41, 5.74) is 2.23. The Morgan fingerprint density at radius 1 is 1.07 bits per heavy atom. The van der Waals surface area contributed by atoms with E-state index in [1.807, 2.05) is 43.3 Å². The van der Waals surface area contributed by atoms with E-state index in [1.165, 1.54) is 0 Å². The van der Waals surface area contributed by atoms with Gasteiger partial charge in [-0.1, -0.05) is 30.3 Å². The molecule has 152 valence electrons. The molecule has 0 spiro atoms. The molecule has 2 aromatic carbocycles. The second-order valence-corrected chi connectivity index (χ2v) is 6.50. The normalized spacial score (nSPS) is 12.4. The minimum atomic E-state index is 0.00765. The topological polar surface area (TPSA) is 64.1 Å². The lowest BCUT2D eigenvalue weighted by Crippen LogP contribution is -2.41. The highest BCUT2D eigenvalue weighted by molar-refractivity contribution is 5.79. The first-order valence-corrected chi connectivity index (χ1v) is 9.50. The Balaban J connectivity index is 1.84. The molecule has 0 saturated carbocycles. The van der Waals surface area contributed by atoms with Crippen molar-refractivity contribution in [2.75, 3.05) is 33.9 Å². The highest BCUT2D eigenvalue weighted by Gasteiger charge is 2.08. The van der Waals surface area contributed by atoms with Gasteiger partial charge in [-0.15, -0.1) is 0 Å². The number of hydrogen-bond donors (Lipinski definition) is 2. The van der Waals surface area contributed by atoms with Gasteiger partial charge in [0.25, 0.3) is 0 Å². The number of guanidine groups is 1. The molecule has 2 N–H and O–H groups in total. The summed E-state index contributed by atoms with van der Waals surface area (Å²) >= 11 is 0. The molecule has 0 amide bonds. The van der Waals surface area contributed by atoms with E-state index in [0.29, 0.717) is 32.3 Å². The molecule has 0 aliphatic rings. The van der Waals surface area contributed by atoms with Gasteiger partial charge in [-0.25, -0.2) is 0 Å². The van der Waals surface area contributed by atoms with Crippen molar-refractivity contribution < 1.29 is 14.2 Å². The van der Waals surface area contributed by atoms with E-state index in [0.717, 1.165) is 22.6 Å². The Morgan fingerprint density at radius 2 is 1.86 bits per heavy atom. The van der Waals surface area contributed by atoms with Crippen molar-refractivity contribution in [1.82, 2.24) is 10.6 Å². The zero-order chi connectivity index (χ0) is 20.2. The van der Waals surface area contributed by atoms with Gasteiger partial charge >= 0.3 is 0 Å². The van der Waals surface area contributed by atoms with Gasteiger partial charge in [0.1, 0.15) is 24.2 Å². The largest absolute Gasteiger partial charge is 0.491 e. The van der Waals surface area contributed by atoms with Crippen LogP contribution in [0.3, 0.4) is 0 Å². The lowest BCUT2D eigenvalue weighted by molar-refractivity contribution is 0.145. The van der Waals surface area contributed by atoms with Crippen LogP contribution in [0.1, 0.15) is 18.1 Å². The molecule has 2 aromatic rings. The first kappa shape index (κ1) is 21.6. The SMILES string of the molecule is CN=C(NCc1ccc(C)cc1OCCOC)NCC(C)Oc1ccccc1. The zero-order valence-corrected chi connectivity index (χ0v) is 17.2. The summed E-state index contributed by atoms with van der Waals surface area (Å²) < 4.78 is 16.8. The summed E-state index contributed by atoms with van der Waals surface area (Å²) in [4.78, 5) is 4.28. The van der Waals surface area contributed by atoms with Crippen LogP contribution in [0, 0.1) is 6.92 Å². The average molecular weight is 386 g/mol. The van der Waals surface area contributed by atoms with Crippen molar-refractivity contribution in [3.63, 3.8) is 0 Å². The highest BCUT2D eigenvalue weighted by atomic mass is 16.5. The number of para-hydroxylation sites is 1. The number of nitrogens with one attached hydrogen (secondary N) is 2. The maximum absolute atomic E-state index is 5.88. The van der Waals surface area contributed by atoms with E-state index < -0.39 is 0 Å². The molecule has 2 rings (SSSR count). The Kier molecular flexibility index (Phi) is 9.15. The third-order valence-corrected chi connectivity index (χ3v) is 4.08. The van der Waals surface area contributed by atoms with Gasteiger partial charge in [-0.3, -0.25) is 4.99 Å². The summed E-state index contributed by atoms with van der Waals surface area (Å²) in [6.45, 7) is 6.40. The van der Waals surface area contributed by atoms with Gasteiger partial charge in [-0.2, -0.15) is 0 Å². The molecule has 1 unspecified atom stereocenters. The van der Waals surface area contributed by atoms with Crippen molar-refractivity contribution >= 4 is 5.96 Å². The second-order valence-electron chi connectivity index (χ2n) is 6.50. The molecular weight excluding hydrogens is 354 g/mol. The third-order valence-electron chi connectivity index (χ3n) is 4.08. The minimum Gasteiger partial charge on any atom is -0.491 e. The molecule has 1 atom stereocenters. The van der Waals surface area contributed by atoms with Crippen LogP contribution in [0.25, 0.3) is 0 Å². The fourth-order valence-electron chi connectivity index (χ4n) is 2.59. The molecule has 0 radical (unpaired) electrons. The molecule has 0 aromatic heterocycles. The van der Waals surface area contributed by atoms with Crippen molar-refractivity contribution in [2.45, 2.75) is 26.5 Å². The highest BCUT2D eigenvalue weighted by Crippen LogP contribution is 2.20. The van der Waals surface area contributed by atoms with Crippen LogP contribution in [0.15, 0.2) is 53.5 Å². The third kappa shape index (κ3) is 7.48. The van der Waals surface area contributed by atoms with Crippen LogP contribution in [0.5, 0.6) is 11.5 Å². The number of nitrogens with zero attached hydrogens (tertiary/aromatic N) is 1. The molecule has 6 heteroatoms. The van der Waals surface area contributed by atoms with E-state index in [2.05, 4.69) is 34.7 Å². The number of aryl methyl sites for hydroxylation is 1. The van der Waals surface area contributed by atoms with Gasteiger partial charge in [0.2, 0.25) is 0 Å². The van der Waals surface area contributed by atoms with Gasteiger partial charge in [0, 0.05) is 26.3 Å². The van der Waals surface area contributed by atoms with Crippen LogP contribution < -0.4 is 20.1 Å². The average Bonchev–Trinajstić information content (AvgIpc) is 2.70. The zero-order valence-electron chi connectivity index (χ0n) is 17.2. The van der Waals surface area contributed by atoms with Crippen molar-refractivity contribution in [3.8, 4) is 11.5 Å². The lowest BCUT2D eigenvalue weighted by atomic mass is 10.1. The summed E-state index contributed by atoms with van der Waals surface area (Å²) in [7, 11) is 3.42. The van der Waals surface area contributed by atoms with Crippen LogP contribution in [0.4, 0.5) is 0 Å². The Bertz CT molecular complexity index is 735. The molecule has 0 fully saturated rings. The molecule has 0 aliphatic carbocycles. The van der Waals surface area contributed by atoms with E-state index in [9.17, 15) is 0 Å². The molecule has 0 heterocycles. The first-order valence-electron chi connectivity index (χ1n) is 9.50. The minimum absolute atomic E-state index is 0.00765. The molecule has 0 aliphatic heterocycles. The van der Waals surface area contributed by atoms with Gasteiger partial charge in [0.15, 0.2) is 5.96 Å². The Morgan fingerprint density at radius 3 is 2.57 bits per heavy atom. The number of rotatable bonds is 10. The maximum Gasteiger partial charge on any atom is 0.191 e. The van der Waals surface area contributed by atoms with Gasteiger partial charge in [-0.05, 0) is 37.6 Å². The van der Waals surface area contributed by atoms with E-state index in [-0.39, 0.29) is 6.10 Å². The second kappa shape index (κ2) is 11.9. The van der Waals surface area contributed by atoms with Crippen molar-refractivity contribution in [1.29, 1.82) is 0 Å². The quantitative estimate of drug-likeness (QED) is 0.374. The summed E-state index contributed by atoms with van der Waals surface area (Å²) in [6.07, 6.45) is 0.00765. The summed E-state index contributed by atoms with van der Waals surface area (Å²) in [5, 5.41) is 6.62. The Hall–Kier alpha value is -2.73. The standard InChI is InChI=1S/C22H31N3O3/c1-17-10-11-19(21(14-17)27-13-12-26-4)16-25-22(23-3)24-15-18(2)28-20-8-6-5-7-9-20/h5-11,14,18H,12-13,15-16H2,1-4H3,(H2,23,24,25). The van der Waals surface area contributed by atoms with Gasteiger partial charge in [0.05, 0.1) is 13.2 Å². The fraction of sp³-hybridized carbons (Fsp3) is 0.409. The Labute approximate surface area is 167 Å². The molecule has 0 saturated heterocycles. The van der Waals surface area contributed by atoms with E-state index in [1.54, 1.807) is 14.2 Å². The first-order chi connectivity index (χ1) is 13.6. The van der Waals surface area contributed by atoms with Crippen LogP contribution >= 0.6 is 0 Å². The van der Waals surface area contributed by atoms with Crippen LogP contribution in [-0.2, 0) is 11.3 Å². The molecular formula is C22H31N3O3. The lowest BCUT2D eigenvalue weighted by Gasteiger charge is -2.18. The van der Waals surface area contributed by atoms with Gasteiger partial charge < -0.3 is 24.8 Å².